The molecule has 1 amide bonds. The van der Waals surface area contributed by atoms with Gasteiger partial charge in [0.2, 0.25) is 5.91 Å². The quantitative estimate of drug-likeness (QED) is 0.575. The van der Waals surface area contributed by atoms with Gasteiger partial charge in [0.25, 0.3) is 0 Å². The lowest BCUT2D eigenvalue weighted by molar-refractivity contribution is -0.147. The highest BCUT2D eigenvalue weighted by Crippen LogP contribution is 2.29. The van der Waals surface area contributed by atoms with E-state index in [-0.39, 0.29) is 18.6 Å². The second-order valence-electron chi connectivity index (χ2n) is 6.85. The summed E-state index contributed by atoms with van der Waals surface area (Å²) in [6.45, 7) is 3.21. The van der Waals surface area contributed by atoms with E-state index in [1.54, 1.807) is 0 Å². The number of aliphatic hydroxyl groups is 2. The Bertz CT molecular complexity index is 406. The molecule has 2 aliphatic heterocycles. The van der Waals surface area contributed by atoms with Gasteiger partial charge in [-0.3, -0.25) is 9.69 Å². The number of carbonyl (C=O) groups excluding carboxylic acids is 1. The van der Waals surface area contributed by atoms with Gasteiger partial charge in [0.05, 0.1) is 30.9 Å². The zero-order chi connectivity index (χ0) is 15.7. The number of nitrogens with two attached hydrogens (primary N) is 1. The minimum Gasteiger partial charge on any atom is -0.389 e. The van der Waals surface area contributed by atoms with Crippen molar-refractivity contribution in [2.24, 2.45) is 5.73 Å². The highest BCUT2D eigenvalue weighted by Gasteiger charge is 2.42. The fourth-order valence-electron chi connectivity index (χ4n) is 3.88. The van der Waals surface area contributed by atoms with E-state index in [1.807, 2.05) is 4.90 Å². The van der Waals surface area contributed by atoms with Crippen LogP contribution in [0.3, 0.4) is 0 Å². The van der Waals surface area contributed by atoms with Crippen molar-refractivity contribution in [3.05, 3.63) is 0 Å². The molecule has 0 unspecified atom stereocenters. The first-order chi connectivity index (χ1) is 10.5. The summed E-state index contributed by atoms with van der Waals surface area (Å²) in [5.74, 6) is 0.0742. The number of aliphatic hydroxyl groups excluding tert-OH is 2. The SMILES string of the molecule is NC1(C(=O)N2CCN([C@@H]3COC[C@@H](O)[C@H]3O)CC2)CCCC1. The van der Waals surface area contributed by atoms with E-state index in [0.29, 0.717) is 32.8 Å². The van der Waals surface area contributed by atoms with Crippen LogP contribution >= 0.6 is 0 Å². The van der Waals surface area contributed by atoms with Crippen LogP contribution in [0.2, 0.25) is 0 Å². The predicted molar refractivity (Wildman–Crippen MR) is 80.2 cm³/mol. The topological polar surface area (TPSA) is 99.3 Å². The smallest absolute Gasteiger partial charge is 0.242 e. The molecule has 7 heteroatoms. The van der Waals surface area contributed by atoms with Gasteiger partial charge >= 0.3 is 0 Å². The van der Waals surface area contributed by atoms with Gasteiger partial charge in [0, 0.05) is 26.2 Å². The minimum absolute atomic E-state index is 0.0742. The van der Waals surface area contributed by atoms with E-state index in [0.717, 1.165) is 25.7 Å². The van der Waals surface area contributed by atoms with Crippen LogP contribution in [-0.4, -0.2) is 89.1 Å². The Balaban J connectivity index is 1.55. The normalized spacial score (nSPS) is 36.5. The number of ether oxygens (including phenoxy) is 1. The Morgan fingerprint density at radius 3 is 2.36 bits per heavy atom. The first-order valence-electron chi connectivity index (χ1n) is 8.27. The summed E-state index contributed by atoms with van der Waals surface area (Å²) in [6, 6.07) is -0.195. The molecule has 2 heterocycles. The summed E-state index contributed by atoms with van der Waals surface area (Å²) in [5.41, 5.74) is 5.59. The van der Waals surface area contributed by atoms with Crippen LogP contribution in [-0.2, 0) is 9.53 Å². The van der Waals surface area contributed by atoms with Gasteiger partial charge in [0.15, 0.2) is 0 Å². The molecule has 0 spiro atoms. The Labute approximate surface area is 131 Å². The van der Waals surface area contributed by atoms with E-state index in [1.165, 1.54) is 0 Å². The van der Waals surface area contributed by atoms with Crippen molar-refractivity contribution in [3.8, 4) is 0 Å². The average Bonchev–Trinajstić information content (AvgIpc) is 2.98. The van der Waals surface area contributed by atoms with Crippen LogP contribution in [0.5, 0.6) is 0 Å². The van der Waals surface area contributed by atoms with E-state index < -0.39 is 17.7 Å². The van der Waals surface area contributed by atoms with Crippen LogP contribution in [0.15, 0.2) is 0 Å². The van der Waals surface area contributed by atoms with Gasteiger partial charge in [0.1, 0.15) is 6.10 Å². The van der Waals surface area contributed by atoms with Crippen LogP contribution in [0, 0.1) is 0 Å². The first-order valence-corrected chi connectivity index (χ1v) is 8.27. The van der Waals surface area contributed by atoms with Crippen molar-refractivity contribution >= 4 is 5.91 Å². The van der Waals surface area contributed by atoms with Crippen LogP contribution in [0.25, 0.3) is 0 Å². The molecular weight excluding hydrogens is 286 g/mol. The monoisotopic (exact) mass is 313 g/mol. The molecule has 22 heavy (non-hydrogen) atoms. The molecule has 4 N–H and O–H groups in total. The standard InChI is InChI=1S/C15H27N3O4/c16-15(3-1-2-4-15)14(21)18-7-5-17(6-8-18)11-9-22-10-12(19)13(11)20/h11-13,19-20H,1-10,16H2/t11-,12-,13+/m1/s1. The predicted octanol–water partition coefficient (Wildman–Crippen LogP) is -1.48. The van der Waals surface area contributed by atoms with Gasteiger partial charge in [-0.25, -0.2) is 0 Å². The molecule has 0 aromatic heterocycles. The summed E-state index contributed by atoms with van der Waals surface area (Å²) in [7, 11) is 0. The third kappa shape index (κ3) is 3.00. The molecule has 3 atom stereocenters. The summed E-state index contributed by atoms with van der Waals surface area (Å²) in [6.07, 6.45) is 2.02. The number of rotatable bonds is 2. The summed E-state index contributed by atoms with van der Waals surface area (Å²) < 4.78 is 5.34. The fourth-order valence-corrected chi connectivity index (χ4v) is 3.88. The van der Waals surface area contributed by atoms with Crippen molar-refractivity contribution in [2.45, 2.75) is 49.5 Å². The highest BCUT2D eigenvalue weighted by atomic mass is 16.5. The summed E-state index contributed by atoms with van der Waals surface area (Å²) in [4.78, 5) is 16.6. The largest absolute Gasteiger partial charge is 0.389 e. The van der Waals surface area contributed by atoms with E-state index >= 15 is 0 Å². The molecule has 126 valence electrons. The molecular formula is C15H27N3O4. The Hall–Kier alpha value is -0.730. The number of hydrogen-bond donors (Lipinski definition) is 3. The maximum Gasteiger partial charge on any atom is 0.242 e. The highest BCUT2D eigenvalue weighted by molar-refractivity contribution is 5.86. The molecule has 3 aliphatic rings. The van der Waals surface area contributed by atoms with Crippen molar-refractivity contribution in [1.29, 1.82) is 0 Å². The molecule has 7 nitrogen and oxygen atoms in total. The van der Waals surface area contributed by atoms with Gasteiger partial charge in [-0.15, -0.1) is 0 Å². The lowest BCUT2D eigenvalue weighted by atomic mass is 9.96. The van der Waals surface area contributed by atoms with Crippen molar-refractivity contribution < 1.29 is 19.7 Å². The maximum atomic E-state index is 12.6. The first kappa shape index (κ1) is 16.1. The van der Waals surface area contributed by atoms with Gasteiger partial charge in [-0.1, -0.05) is 12.8 Å². The lowest BCUT2D eigenvalue weighted by Gasteiger charge is -2.44. The molecule has 0 bridgehead atoms. The fraction of sp³-hybridized carbons (Fsp3) is 0.933. The van der Waals surface area contributed by atoms with E-state index in [4.69, 9.17) is 10.5 Å². The zero-order valence-electron chi connectivity index (χ0n) is 13.0. The number of nitrogens with zero attached hydrogens (tertiary/aromatic N) is 2. The third-order valence-corrected chi connectivity index (χ3v) is 5.36. The van der Waals surface area contributed by atoms with Crippen molar-refractivity contribution in [3.63, 3.8) is 0 Å². The third-order valence-electron chi connectivity index (χ3n) is 5.36. The summed E-state index contributed by atoms with van der Waals surface area (Å²) in [5, 5.41) is 19.8. The van der Waals surface area contributed by atoms with Crippen LogP contribution in [0.1, 0.15) is 25.7 Å². The van der Waals surface area contributed by atoms with Crippen LogP contribution in [0.4, 0.5) is 0 Å². The molecule has 0 radical (unpaired) electrons. The Kier molecular flexibility index (Phi) is 4.70. The molecule has 0 aromatic rings. The molecule has 0 aromatic carbocycles. The lowest BCUT2D eigenvalue weighted by Crippen LogP contribution is -2.63. The van der Waals surface area contributed by atoms with E-state index in [9.17, 15) is 15.0 Å². The molecule has 1 aliphatic carbocycles. The number of carbonyl (C=O) groups is 1. The van der Waals surface area contributed by atoms with E-state index in [2.05, 4.69) is 4.90 Å². The molecule has 3 rings (SSSR count). The number of hydrogen-bond acceptors (Lipinski definition) is 6. The van der Waals surface area contributed by atoms with Gasteiger partial charge in [-0.2, -0.15) is 0 Å². The van der Waals surface area contributed by atoms with Gasteiger partial charge in [-0.05, 0) is 12.8 Å². The van der Waals surface area contributed by atoms with Crippen LogP contribution < -0.4 is 5.73 Å². The van der Waals surface area contributed by atoms with Crippen molar-refractivity contribution in [2.75, 3.05) is 39.4 Å². The maximum absolute atomic E-state index is 12.6. The van der Waals surface area contributed by atoms with Gasteiger partial charge < -0.3 is 25.6 Å². The summed E-state index contributed by atoms with van der Waals surface area (Å²) >= 11 is 0. The minimum atomic E-state index is -0.829. The second-order valence-corrected chi connectivity index (χ2v) is 6.85. The number of piperazine rings is 1. The second kappa shape index (κ2) is 6.41. The average molecular weight is 313 g/mol. The molecule has 2 saturated heterocycles. The zero-order valence-corrected chi connectivity index (χ0v) is 13.0. The van der Waals surface area contributed by atoms with Crippen molar-refractivity contribution in [1.82, 2.24) is 9.80 Å². The number of amides is 1. The molecule has 3 fully saturated rings. The molecule has 1 saturated carbocycles. The Morgan fingerprint density at radius 2 is 1.73 bits per heavy atom. The Morgan fingerprint density at radius 1 is 1.09 bits per heavy atom.